The Morgan fingerprint density at radius 1 is 1.47 bits per heavy atom. The van der Waals surface area contributed by atoms with Crippen molar-refractivity contribution in [2.24, 2.45) is 0 Å². The van der Waals surface area contributed by atoms with Crippen LogP contribution in [0.1, 0.15) is 6.42 Å². The smallest absolute Gasteiger partial charge is 0.287 e. The van der Waals surface area contributed by atoms with Gasteiger partial charge in [0.15, 0.2) is 0 Å². The van der Waals surface area contributed by atoms with Crippen LogP contribution in [0.2, 0.25) is 0 Å². The molecule has 0 saturated carbocycles. The van der Waals surface area contributed by atoms with Crippen molar-refractivity contribution < 1.29 is 18.1 Å². The summed E-state index contributed by atoms with van der Waals surface area (Å²) in [5.41, 5.74) is -0.211. The van der Waals surface area contributed by atoms with Gasteiger partial charge in [-0.3, -0.25) is 19.8 Å². The Morgan fingerprint density at radius 3 is 2.58 bits per heavy atom. The van der Waals surface area contributed by atoms with E-state index >= 15 is 0 Å². The predicted octanol–water partition coefficient (Wildman–Crippen LogP) is 0.664. The number of anilines is 1. The van der Waals surface area contributed by atoms with E-state index in [-0.39, 0.29) is 24.5 Å². The zero-order valence-corrected chi connectivity index (χ0v) is 11.0. The fourth-order valence-electron chi connectivity index (χ4n) is 1.73. The van der Waals surface area contributed by atoms with Crippen molar-refractivity contribution in [3.8, 4) is 0 Å². The van der Waals surface area contributed by atoms with E-state index in [1.807, 2.05) is 0 Å². The minimum atomic E-state index is -3.82. The van der Waals surface area contributed by atoms with Crippen molar-refractivity contribution in [1.82, 2.24) is 4.98 Å². The summed E-state index contributed by atoms with van der Waals surface area (Å²) in [5, 5.41) is 9.48. The van der Waals surface area contributed by atoms with Crippen molar-refractivity contribution in [2.45, 2.75) is 11.7 Å². The second-order valence-corrected chi connectivity index (χ2v) is 6.85. The van der Waals surface area contributed by atoms with Crippen LogP contribution in [0.4, 0.5) is 11.5 Å². The Labute approximate surface area is 112 Å². The summed E-state index contributed by atoms with van der Waals surface area (Å²) in [7, 11) is 1.38. The number of aromatic nitrogens is 1. The number of amides is 1. The van der Waals surface area contributed by atoms with Crippen molar-refractivity contribution in [3.05, 3.63) is 28.4 Å². The first-order valence-electron chi connectivity index (χ1n) is 5.13. The summed E-state index contributed by atoms with van der Waals surface area (Å²) in [5.74, 6) is -0.269. The van der Waals surface area contributed by atoms with Crippen LogP contribution in [0.3, 0.4) is 0 Å². The molecule has 1 aromatic heterocycles. The lowest BCUT2D eigenvalue weighted by atomic mass is 10.4. The second-order valence-electron chi connectivity index (χ2n) is 3.94. The molecule has 1 atom stereocenters. The van der Waals surface area contributed by atoms with Gasteiger partial charge in [-0.25, -0.2) is 13.4 Å². The van der Waals surface area contributed by atoms with Gasteiger partial charge >= 0.3 is 0 Å². The van der Waals surface area contributed by atoms with Gasteiger partial charge in [-0.1, -0.05) is 0 Å². The Balaban J connectivity index is 2.23. The molecule has 0 bridgehead atoms. The SMILES string of the molecule is O=C1CC(S(=O)(=O)Cl)CN1c1ccc([N+](=O)[O-])cn1. The molecule has 0 N–H and O–H groups in total. The Bertz CT molecular complexity index is 630. The third-order valence-electron chi connectivity index (χ3n) is 2.71. The molecular formula is C9H8ClN3O5S. The standard InChI is InChI=1S/C9H8ClN3O5S/c10-19(17,18)7-3-9(14)12(5-7)8-2-1-6(4-11-8)13(15)16/h1-2,4,7H,3,5H2. The molecule has 0 aliphatic carbocycles. The van der Waals surface area contributed by atoms with E-state index in [0.717, 1.165) is 11.1 Å². The van der Waals surface area contributed by atoms with Crippen molar-refractivity contribution in [1.29, 1.82) is 0 Å². The lowest BCUT2D eigenvalue weighted by Crippen LogP contribution is -2.27. The fraction of sp³-hybridized carbons (Fsp3) is 0.333. The van der Waals surface area contributed by atoms with E-state index in [1.165, 1.54) is 12.1 Å². The van der Waals surface area contributed by atoms with Gasteiger partial charge in [0.1, 0.15) is 17.3 Å². The number of carbonyl (C=O) groups excluding carboxylic acids is 1. The highest BCUT2D eigenvalue weighted by atomic mass is 35.7. The van der Waals surface area contributed by atoms with E-state index in [9.17, 15) is 23.3 Å². The third kappa shape index (κ3) is 2.82. The number of halogens is 1. The molecule has 2 heterocycles. The first-order chi connectivity index (χ1) is 8.79. The molecule has 19 heavy (non-hydrogen) atoms. The topological polar surface area (TPSA) is 110 Å². The highest BCUT2D eigenvalue weighted by molar-refractivity contribution is 8.14. The lowest BCUT2D eigenvalue weighted by Gasteiger charge is -2.14. The summed E-state index contributed by atoms with van der Waals surface area (Å²) in [6, 6.07) is 2.48. The number of hydrogen-bond acceptors (Lipinski definition) is 6. The maximum Gasteiger partial charge on any atom is 0.287 e. The van der Waals surface area contributed by atoms with Crippen molar-refractivity contribution in [3.63, 3.8) is 0 Å². The number of carbonyl (C=O) groups is 1. The van der Waals surface area contributed by atoms with Crippen LogP contribution in [0.25, 0.3) is 0 Å². The van der Waals surface area contributed by atoms with Gasteiger partial charge < -0.3 is 0 Å². The minimum Gasteiger partial charge on any atom is -0.295 e. The van der Waals surface area contributed by atoms with Gasteiger partial charge in [0.25, 0.3) is 5.69 Å². The first kappa shape index (κ1) is 13.7. The second kappa shape index (κ2) is 4.74. The van der Waals surface area contributed by atoms with Gasteiger partial charge in [0.05, 0.1) is 4.92 Å². The average Bonchev–Trinajstić information content (AvgIpc) is 2.71. The van der Waals surface area contributed by atoms with Crippen LogP contribution in [0.15, 0.2) is 18.3 Å². The predicted molar refractivity (Wildman–Crippen MR) is 66.4 cm³/mol. The highest BCUT2D eigenvalue weighted by Crippen LogP contribution is 2.26. The maximum atomic E-state index is 11.7. The molecule has 1 fully saturated rings. The summed E-state index contributed by atoms with van der Waals surface area (Å²) in [4.78, 5) is 26.5. The molecular weight excluding hydrogens is 298 g/mol. The van der Waals surface area contributed by atoms with E-state index in [0.29, 0.717) is 0 Å². The normalized spacial score (nSPS) is 19.7. The van der Waals surface area contributed by atoms with Gasteiger partial charge in [0, 0.05) is 29.7 Å². The number of hydrogen-bond donors (Lipinski definition) is 0. The summed E-state index contributed by atoms with van der Waals surface area (Å²) in [6.45, 7) is -0.102. The number of rotatable bonds is 3. The molecule has 8 nitrogen and oxygen atoms in total. The molecule has 0 spiro atoms. The van der Waals surface area contributed by atoms with Crippen LogP contribution in [-0.2, 0) is 13.8 Å². The molecule has 2 rings (SSSR count). The molecule has 1 aliphatic rings. The van der Waals surface area contributed by atoms with Crippen LogP contribution < -0.4 is 4.90 Å². The highest BCUT2D eigenvalue weighted by Gasteiger charge is 2.38. The number of nitro groups is 1. The van der Waals surface area contributed by atoms with E-state index in [2.05, 4.69) is 4.98 Å². The molecule has 1 aliphatic heterocycles. The lowest BCUT2D eigenvalue weighted by molar-refractivity contribution is -0.385. The third-order valence-corrected chi connectivity index (χ3v) is 4.58. The molecule has 1 aromatic rings. The molecule has 0 radical (unpaired) electrons. The number of pyridine rings is 1. The quantitative estimate of drug-likeness (QED) is 0.461. The fourth-order valence-corrected chi connectivity index (χ4v) is 2.76. The minimum absolute atomic E-state index is 0.102. The van der Waals surface area contributed by atoms with Crippen LogP contribution in [-0.4, -0.2) is 36.0 Å². The van der Waals surface area contributed by atoms with Gasteiger partial charge in [-0.2, -0.15) is 0 Å². The van der Waals surface area contributed by atoms with Gasteiger partial charge in [-0.15, -0.1) is 0 Å². The number of nitrogens with zero attached hydrogens (tertiary/aromatic N) is 3. The maximum absolute atomic E-state index is 11.7. The molecule has 1 saturated heterocycles. The van der Waals surface area contributed by atoms with Crippen molar-refractivity contribution >= 4 is 37.1 Å². The Hall–Kier alpha value is -1.74. The summed E-state index contributed by atoms with van der Waals surface area (Å²) < 4.78 is 22.4. The first-order valence-corrected chi connectivity index (χ1v) is 7.50. The summed E-state index contributed by atoms with van der Waals surface area (Å²) >= 11 is 0. The van der Waals surface area contributed by atoms with Gasteiger partial charge in [-0.05, 0) is 6.07 Å². The molecule has 1 unspecified atom stereocenters. The molecule has 1 amide bonds. The van der Waals surface area contributed by atoms with Crippen LogP contribution >= 0.6 is 10.7 Å². The zero-order valence-electron chi connectivity index (χ0n) is 9.39. The van der Waals surface area contributed by atoms with Crippen LogP contribution in [0, 0.1) is 10.1 Å². The van der Waals surface area contributed by atoms with E-state index in [1.54, 1.807) is 0 Å². The van der Waals surface area contributed by atoms with E-state index < -0.39 is 25.1 Å². The van der Waals surface area contributed by atoms with E-state index in [4.69, 9.17) is 10.7 Å². The molecule has 0 aromatic carbocycles. The Kier molecular flexibility index (Phi) is 3.42. The average molecular weight is 306 g/mol. The summed E-state index contributed by atoms with van der Waals surface area (Å²) in [6.07, 6.45) is 0.787. The largest absolute Gasteiger partial charge is 0.295 e. The van der Waals surface area contributed by atoms with Crippen LogP contribution in [0.5, 0.6) is 0 Å². The van der Waals surface area contributed by atoms with Gasteiger partial charge in [0.2, 0.25) is 15.0 Å². The molecule has 10 heteroatoms. The molecule has 102 valence electrons. The monoisotopic (exact) mass is 305 g/mol. The zero-order chi connectivity index (χ0) is 14.2. The van der Waals surface area contributed by atoms with Crippen molar-refractivity contribution in [2.75, 3.05) is 11.4 Å². The Morgan fingerprint density at radius 2 is 2.16 bits per heavy atom.